The molecule has 3 nitrogen and oxygen atoms in total. The molecule has 26 heavy (non-hydrogen) atoms. The fourth-order valence-electron chi connectivity index (χ4n) is 4.68. The van der Waals surface area contributed by atoms with Crippen LogP contribution in [0.5, 0.6) is 0 Å². The molecule has 3 N–H and O–H groups in total. The summed E-state index contributed by atoms with van der Waals surface area (Å²) < 4.78 is 0. The quantitative estimate of drug-likeness (QED) is 0.703. The molecule has 3 heterocycles. The summed E-state index contributed by atoms with van der Waals surface area (Å²) in [6, 6.07) is 12.8. The summed E-state index contributed by atoms with van der Waals surface area (Å²) in [6.45, 7) is 5.48. The normalized spacial score (nSPS) is 27.3. The Balaban J connectivity index is 1.34. The van der Waals surface area contributed by atoms with Crippen LogP contribution in [0.3, 0.4) is 0 Å². The highest BCUT2D eigenvalue weighted by Gasteiger charge is 2.44. The van der Waals surface area contributed by atoms with E-state index in [0.29, 0.717) is 6.04 Å². The molecule has 2 aliphatic heterocycles. The third kappa shape index (κ3) is 3.80. The smallest absolute Gasteiger partial charge is 0.171 e. The van der Waals surface area contributed by atoms with Crippen LogP contribution < -0.4 is 15.5 Å². The highest BCUT2D eigenvalue weighted by atomic mass is 32.1. The maximum atomic E-state index is 5.61. The molecule has 138 valence electrons. The molecule has 2 aliphatic rings. The molecule has 2 aromatic rings. The molecule has 5 heteroatoms. The van der Waals surface area contributed by atoms with E-state index in [4.69, 9.17) is 12.2 Å². The van der Waals surface area contributed by atoms with Gasteiger partial charge in [-0.2, -0.15) is 0 Å². The molecule has 1 aromatic carbocycles. The second kappa shape index (κ2) is 7.67. The van der Waals surface area contributed by atoms with E-state index in [9.17, 15) is 0 Å². The summed E-state index contributed by atoms with van der Waals surface area (Å²) >= 11 is 7.51. The number of rotatable bonds is 4. The van der Waals surface area contributed by atoms with Crippen LogP contribution in [-0.4, -0.2) is 23.2 Å². The van der Waals surface area contributed by atoms with Crippen molar-refractivity contribution >= 4 is 34.4 Å². The van der Waals surface area contributed by atoms with Gasteiger partial charge in [0.15, 0.2) is 5.11 Å². The molecule has 0 spiro atoms. The van der Waals surface area contributed by atoms with E-state index in [1.807, 2.05) is 11.3 Å². The number of benzene rings is 1. The SMILES string of the molecule is Cc1cccc(NC(=S)NC2C[C@H]3CC[C@@H](C2)[NH+]3Cc2cccs2)c1C. The summed E-state index contributed by atoms with van der Waals surface area (Å²) in [7, 11) is 0. The van der Waals surface area contributed by atoms with E-state index in [1.54, 1.807) is 4.90 Å². The van der Waals surface area contributed by atoms with Crippen molar-refractivity contribution in [3.05, 3.63) is 51.7 Å². The number of piperidine rings is 1. The number of hydrogen-bond acceptors (Lipinski definition) is 2. The molecule has 0 radical (unpaired) electrons. The van der Waals surface area contributed by atoms with Gasteiger partial charge in [0.05, 0.1) is 17.0 Å². The molecule has 0 amide bonds. The van der Waals surface area contributed by atoms with Gasteiger partial charge in [-0.3, -0.25) is 0 Å². The number of thiophene rings is 1. The van der Waals surface area contributed by atoms with Gasteiger partial charge in [0.1, 0.15) is 6.54 Å². The minimum Gasteiger partial charge on any atom is -0.359 e. The first-order valence-electron chi connectivity index (χ1n) is 9.62. The molecule has 4 rings (SSSR count). The Hall–Kier alpha value is -1.43. The number of fused-ring (bicyclic) bond motifs is 2. The van der Waals surface area contributed by atoms with Gasteiger partial charge in [0, 0.05) is 37.4 Å². The van der Waals surface area contributed by atoms with Crippen molar-refractivity contribution in [2.45, 2.75) is 64.2 Å². The monoisotopic (exact) mass is 386 g/mol. The standard InChI is InChI=1S/C21H27N3S2/c1-14-5-3-7-20(15(14)2)23-21(25)22-16-11-17-8-9-18(12-16)24(17)13-19-6-4-10-26-19/h3-7,10,16-18H,8-9,11-13H2,1-2H3,(H2,22,23,25)/p+1/t16?,17-,18+. The summed E-state index contributed by atoms with van der Waals surface area (Å²) in [4.78, 5) is 3.33. The molecule has 1 aromatic heterocycles. The Kier molecular flexibility index (Phi) is 5.30. The lowest BCUT2D eigenvalue weighted by Crippen LogP contribution is -3.17. The average Bonchev–Trinajstić information content (AvgIpc) is 3.19. The van der Waals surface area contributed by atoms with Crippen molar-refractivity contribution in [2.24, 2.45) is 0 Å². The lowest BCUT2D eigenvalue weighted by molar-refractivity contribution is -0.954. The van der Waals surface area contributed by atoms with Gasteiger partial charge in [-0.1, -0.05) is 18.2 Å². The van der Waals surface area contributed by atoms with Crippen molar-refractivity contribution in [2.75, 3.05) is 5.32 Å². The maximum absolute atomic E-state index is 5.61. The zero-order valence-corrected chi connectivity index (χ0v) is 17.2. The van der Waals surface area contributed by atoms with Crippen molar-refractivity contribution < 1.29 is 4.90 Å². The highest BCUT2D eigenvalue weighted by molar-refractivity contribution is 7.80. The van der Waals surface area contributed by atoms with Crippen LogP contribution in [0.25, 0.3) is 0 Å². The van der Waals surface area contributed by atoms with Crippen molar-refractivity contribution in [1.82, 2.24) is 5.32 Å². The summed E-state index contributed by atoms with van der Waals surface area (Å²) in [5.41, 5.74) is 3.68. The second-order valence-electron chi connectivity index (χ2n) is 7.82. The van der Waals surface area contributed by atoms with Crippen LogP contribution in [0.1, 0.15) is 41.7 Å². The van der Waals surface area contributed by atoms with Crippen molar-refractivity contribution in [1.29, 1.82) is 0 Å². The van der Waals surface area contributed by atoms with Crippen LogP contribution in [-0.2, 0) is 6.54 Å². The fourth-order valence-corrected chi connectivity index (χ4v) is 5.69. The Morgan fingerprint density at radius 2 is 1.92 bits per heavy atom. The lowest BCUT2D eigenvalue weighted by atomic mass is 9.97. The summed E-state index contributed by atoms with van der Waals surface area (Å²) in [6.07, 6.45) is 5.18. The lowest BCUT2D eigenvalue weighted by Gasteiger charge is -2.36. The van der Waals surface area contributed by atoms with Crippen molar-refractivity contribution in [3.63, 3.8) is 0 Å². The van der Waals surface area contributed by atoms with Gasteiger partial charge < -0.3 is 15.5 Å². The molecule has 2 bridgehead atoms. The molecular formula is C21H28N3S2+. The number of anilines is 1. The van der Waals surface area contributed by atoms with E-state index in [-0.39, 0.29) is 0 Å². The van der Waals surface area contributed by atoms with Gasteiger partial charge in [-0.15, -0.1) is 11.3 Å². The number of hydrogen-bond donors (Lipinski definition) is 3. The van der Waals surface area contributed by atoms with Gasteiger partial charge >= 0.3 is 0 Å². The Labute approximate surface area is 165 Å². The average molecular weight is 387 g/mol. The van der Waals surface area contributed by atoms with Crippen LogP contribution in [0.4, 0.5) is 5.69 Å². The topological polar surface area (TPSA) is 28.5 Å². The minimum atomic E-state index is 0.504. The highest BCUT2D eigenvalue weighted by Crippen LogP contribution is 2.24. The maximum Gasteiger partial charge on any atom is 0.171 e. The van der Waals surface area contributed by atoms with E-state index in [2.05, 4.69) is 60.2 Å². The van der Waals surface area contributed by atoms with Gasteiger partial charge in [0.25, 0.3) is 0 Å². The zero-order valence-electron chi connectivity index (χ0n) is 15.5. The first-order valence-corrected chi connectivity index (χ1v) is 10.9. The van der Waals surface area contributed by atoms with Gasteiger partial charge in [-0.05, 0) is 54.7 Å². The Bertz CT molecular complexity index is 758. The fraction of sp³-hybridized carbons (Fsp3) is 0.476. The third-order valence-corrected chi connectivity index (χ3v) is 7.29. The number of aryl methyl sites for hydroxylation is 1. The first kappa shape index (κ1) is 18.0. The van der Waals surface area contributed by atoms with E-state index in [1.165, 1.54) is 48.2 Å². The molecule has 2 saturated heterocycles. The molecule has 0 saturated carbocycles. The molecule has 0 aliphatic carbocycles. The predicted molar refractivity (Wildman–Crippen MR) is 114 cm³/mol. The van der Waals surface area contributed by atoms with E-state index in [0.717, 1.165) is 22.9 Å². The van der Waals surface area contributed by atoms with Crippen LogP contribution >= 0.6 is 23.6 Å². The Morgan fingerprint density at radius 1 is 1.15 bits per heavy atom. The first-order chi connectivity index (χ1) is 12.6. The Morgan fingerprint density at radius 3 is 2.62 bits per heavy atom. The molecule has 2 unspecified atom stereocenters. The van der Waals surface area contributed by atoms with E-state index < -0.39 is 0 Å². The van der Waals surface area contributed by atoms with Gasteiger partial charge in [-0.25, -0.2) is 0 Å². The number of thiocarbonyl (C=S) groups is 1. The number of nitrogens with one attached hydrogen (secondary N) is 3. The minimum absolute atomic E-state index is 0.504. The molecular weight excluding hydrogens is 358 g/mol. The summed E-state index contributed by atoms with van der Waals surface area (Å²) in [5, 5.41) is 9.98. The van der Waals surface area contributed by atoms with Crippen molar-refractivity contribution in [3.8, 4) is 0 Å². The molecule has 2 fully saturated rings. The second-order valence-corrected chi connectivity index (χ2v) is 9.26. The summed E-state index contributed by atoms with van der Waals surface area (Å²) in [5.74, 6) is 0. The molecule has 4 atom stereocenters. The van der Waals surface area contributed by atoms with Crippen LogP contribution in [0, 0.1) is 13.8 Å². The van der Waals surface area contributed by atoms with Gasteiger partial charge in [0.2, 0.25) is 0 Å². The zero-order chi connectivity index (χ0) is 18.1. The predicted octanol–water partition coefficient (Wildman–Crippen LogP) is 3.43. The largest absolute Gasteiger partial charge is 0.359 e. The van der Waals surface area contributed by atoms with E-state index >= 15 is 0 Å². The van der Waals surface area contributed by atoms with Crippen LogP contribution in [0.2, 0.25) is 0 Å². The third-order valence-electron chi connectivity index (χ3n) is 6.20. The van der Waals surface area contributed by atoms with Crippen LogP contribution in [0.15, 0.2) is 35.7 Å². The number of quaternary nitrogens is 1.